The van der Waals surface area contributed by atoms with Crippen molar-refractivity contribution in [3.63, 3.8) is 0 Å². The first-order valence-corrected chi connectivity index (χ1v) is 5.65. The van der Waals surface area contributed by atoms with Crippen LogP contribution in [0.4, 0.5) is 5.82 Å². The molecule has 0 unspecified atom stereocenters. The zero-order valence-electron chi connectivity index (χ0n) is 6.78. The average Bonchev–Trinajstić information content (AvgIpc) is 1.93. The zero-order valence-corrected chi connectivity index (χ0v) is 9.18. The van der Waals surface area contributed by atoms with E-state index in [1.807, 2.05) is 0 Å². The number of hydrogen-bond donors (Lipinski definition) is 2. The van der Waals surface area contributed by atoms with Crippen LogP contribution in [0.3, 0.4) is 0 Å². The van der Waals surface area contributed by atoms with Gasteiger partial charge in [-0.15, -0.1) is 0 Å². The second-order valence-corrected chi connectivity index (χ2v) is 4.68. The number of aromatic nitrogens is 1. The minimum atomic E-state index is -3.74. The number of aryl methyl sites for hydroxylation is 1. The molecule has 0 amide bonds. The van der Waals surface area contributed by atoms with E-state index in [4.69, 9.17) is 5.14 Å². The first-order valence-electron chi connectivity index (χ1n) is 3.31. The Morgan fingerprint density at radius 3 is 2.69 bits per heavy atom. The highest BCUT2D eigenvalue weighted by molar-refractivity contribution is 9.10. The van der Waals surface area contributed by atoms with Crippen LogP contribution in [0.25, 0.3) is 0 Å². The van der Waals surface area contributed by atoms with Gasteiger partial charge >= 0.3 is 0 Å². The fourth-order valence-corrected chi connectivity index (χ4v) is 1.71. The summed E-state index contributed by atoms with van der Waals surface area (Å²) in [6.07, 6.45) is 1.49. The van der Waals surface area contributed by atoms with Crippen molar-refractivity contribution >= 4 is 32.0 Å². The molecule has 1 rings (SSSR count). The normalized spacial score (nSPS) is 11.3. The van der Waals surface area contributed by atoms with Gasteiger partial charge in [-0.05, 0) is 34.5 Å². The summed E-state index contributed by atoms with van der Waals surface area (Å²) in [5, 5.41) is 4.78. The van der Waals surface area contributed by atoms with Crippen LogP contribution in [0, 0.1) is 6.92 Å². The lowest BCUT2D eigenvalue weighted by molar-refractivity contribution is 0.602. The number of pyridine rings is 1. The van der Waals surface area contributed by atoms with E-state index in [0.717, 1.165) is 4.47 Å². The van der Waals surface area contributed by atoms with Gasteiger partial charge in [0.1, 0.15) is 5.82 Å². The number of halogens is 1. The van der Waals surface area contributed by atoms with Crippen LogP contribution >= 0.6 is 15.9 Å². The molecule has 0 aliphatic rings. The van der Waals surface area contributed by atoms with Gasteiger partial charge in [0.15, 0.2) is 0 Å². The Kier molecular flexibility index (Phi) is 2.89. The molecule has 13 heavy (non-hydrogen) atoms. The minimum Gasteiger partial charge on any atom is -0.255 e. The van der Waals surface area contributed by atoms with Crippen LogP contribution in [0.1, 0.15) is 5.56 Å². The van der Waals surface area contributed by atoms with Crippen molar-refractivity contribution in [3.05, 3.63) is 22.3 Å². The molecule has 0 aliphatic carbocycles. The number of rotatable bonds is 2. The van der Waals surface area contributed by atoms with Crippen LogP contribution in [0.2, 0.25) is 0 Å². The molecule has 0 aromatic carbocycles. The number of nitrogens with two attached hydrogens (primary N) is 1. The fraction of sp³-hybridized carbons (Fsp3) is 0.167. The highest BCUT2D eigenvalue weighted by Gasteiger charge is 2.06. The van der Waals surface area contributed by atoms with Crippen molar-refractivity contribution in [1.29, 1.82) is 0 Å². The van der Waals surface area contributed by atoms with Gasteiger partial charge < -0.3 is 0 Å². The van der Waals surface area contributed by atoms with Gasteiger partial charge in [0.2, 0.25) is 0 Å². The molecule has 3 N–H and O–H groups in total. The predicted molar refractivity (Wildman–Crippen MR) is 53.4 cm³/mol. The number of nitrogens with zero attached hydrogens (tertiary/aromatic N) is 1. The molecule has 0 radical (unpaired) electrons. The van der Waals surface area contributed by atoms with Gasteiger partial charge in [-0.3, -0.25) is 4.72 Å². The lowest BCUT2D eigenvalue weighted by atomic mass is 10.3. The van der Waals surface area contributed by atoms with Gasteiger partial charge in [0.05, 0.1) is 0 Å². The number of nitrogens with one attached hydrogen (secondary N) is 1. The van der Waals surface area contributed by atoms with Gasteiger partial charge in [-0.1, -0.05) is 0 Å². The lowest BCUT2D eigenvalue weighted by Gasteiger charge is -2.05. The molecule has 5 nitrogen and oxygen atoms in total. The van der Waals surface area contributed by atoms with Crippen LogP contribution in [0.15, 0.2) is 16.7 Å². The Morgan fingerprint density at radius 2 is 2.23 bits per heavy atom. The fourth-order valence-electron chi connectivity index (χ4n) is 0.782. The van der Waals surface area contributed by atoms with Crippen molar-refractivity contribution in [3.8, 4) is 0 Å². The van der Waals surface area contributed by atoms with E-state index in [9.17, 15) is 8.42 Å². The monoisotopic (exact) mass is 265 g/mol. The molecule has 0 atom stereocenters. The standard InChI is InChI=1S/C6H8BrN3O2S/c1-4-2-5(7)3-9-6(4)10-13(8,11)12/h2-3H,1H3,(H,9,10)(H2,8,11,12). The molecular formula is C6H8BrN3O2S. The summed E-state index contributed by atoms with van der Waals surface area (Å²) < 4.78 is 24.2. The molecule has 7 heteroatoms. The maximum atomic E-state index is 10.7. The quantitative estimate of drug-likeness (QED) is 0.829. The van der Waals surface area contributed by atoms with E-state index in [1.165, 1.54) is 6.20 Å². The van der Waals surface area contributed by atoms with E-state index >= 15 is 0 Å². The molecule has 1 aromatic rings. The van der Waals surface area contributed by atoms with Crippen LogP contribution in [0.5, 0.6) is 0 Å². The summed E-state index contributed by atoms with van der Waals surface area (Å²) in [4.78, 5) is 3.85. The highest BCUT2D eigenvalue weighted by Crippen LogP contribution is 2.16. The number of hydrogen-bond acceptors (Lipinski definition) is 3. The number of anilines is 1. The molecule has 1 aromatic heterocycles. The smallest absolute Gasteiger partial charge is 0.255 e. The molecule has 0 fully saturated rings. The second-order valence-electron chi connectivity index (χ2n) is 2.47. The molecule has 1 heterocycles. The maximum absolute atomic E-state index is 10.7. The largest absolute Gasteiger partial charge is 0.297 e. The Bertz CT molecular complexity index is 418. The summed E-state index contributed by atoms with van der Waals surface area (Å²) in [6, 6.07) is 1.74. The summed E-state index contributed by atoms with van der Waals surface area (Å²) >= 11 is 3.20. The van der Waals surface area contributed by atoms with Gasteiger partial charge in [0.25, 0.3) is 10.2 Å². The van der Waals surface area contributed by atoms with Crippen molar-refractivity contribution in [2.75, 3.05) is 4.72 Å². The first kappa shape index (κ1) is 10.4. The van der Waals surface area contributed by atoms with E-state index in [0.29, 0.717) is 5.56 Å². The van der Waals surface area contributed by atoms with Crippen molar-refractivity contribution in [2.24, 2.45) is 5.14 Å². The van der Waals surface area contributed by atoms with E-state index in [-0.39, 0.29) is 5.82 Å². The van der Waals surface area contributed by atoms with Crippen molar-refractivity contribution in [1.82, 2.24) is 4.98 Å². The minimum absolute atomic E-state index is 0.241. The molecule has 0 spiro atoms. The zero-order chi connectivity index (χ0) is 10.1. The molecule has 0 bridgehead atoms. The van der Waals surface area contributed by atoms with Crippen LogP contribution in [-0.4, -0.2) is 13.4 Å². The second kappa shape index (κ2) is 3.60. The Balaban J connectivity index is 3.04. The predicted octanol–water partition coefficient (Wildman–Crippen LogP) is 0.768. The molecule has 0 saturated heterocycles. The van der Waals surface area contributed by atoms with E-state index in [1.54, 1.807) is 13.0 Å². The Morgan fingerprint density at radius 1 is 1.62 bits per heavy atom. The van der Waals surface area contributed by atoms with Crippen LogP contribution < -0.4 is 9.86 Å². The third kappa shape index (κ3) is 3.29. The van der Waals surface area contributed by atoms with Crippen LogP contribution in [-0.2, 0) is 10.2 Å². The SMILES string of the molecule is Cc1cc(Br)cnc1NS(N)(=O)=O. The van der Waals surface area contributed by atoms with E-state index < -0.39 is 10.2 Å². The molecule has 0 saturated carbocycles. The summed E-state index contributed by atoms with van der Waals surface area (Å²) in [5.74, 6) is 0.241. The maximum Gasteiger partial charge on any atom is 0.297 e. The van der Waals surface area contributed by atoms with Gasteiger partial charge in [-0.2, -0.15) is 8.42 Å². The third-order valence-corrected chi connectivity index (χ3v) is 2.20. The Hall–Kier alpha value is -0.660. The topological polar surface area (TPSA) is 85.1 Å². The summed E-state index contributed by atoms with van der Waals surface area (Å²) in [7, 11) is -3.74. The highest BCUT2D eigenvalue weighted by atomic mass is 79.9. The van der Waals surface area contributed by atoms with E-state index in [2.05, 4.69) is 25.6 Å². The Labute approximate surface area is 84.7 Å². The third-order valence-electron chi connectivity index (χ3n) is 1.28. The van der Waals surface area contributed by atoms with Gasteiger partial charge in [-0.25, -0.2) is 10.1 Å². The molecule has 72 valence electrons. The average molecular weight is 266 g/mol. The summed E-state index contributed by atoms with van der Waals surface area (Å²) in [6.45, 7) is 1.73. The van der Waals surface area contributed by atoms with Gasteiger partial charge in [0, 0.05) is 10.7 Å². The lowest BCUT2D eigenvalue weighted by Crippen LogP contribution is -2.22. The molecular weight excluding hydrogens is 258 g/mol. The molecule has 0 aliphatic heterocycles. The van der Waals surface area contributed by atoms with Crippen molar-refractivity contribution < 1.29 is 8.42 Å². The first-order chi connectivity index (χ1) is 5.88. The summed E-state index contributed by atoms with van der Waals surface area (Å²) in [5.41, 5.74) is 0.698. The van der Waals surface area contributed by atoms with Crippen molar-refractivity contribution in [2.45, 2.75) is 6.92 Å².